The summed E-state index contributed by atoms with van der Waals surface area (Å²) in [5.41, 5.74) is 5.79. The third-order valence-electron chi connectivity index (χ3n) is 2.63. The first-order chi connectivity index (χ1) is 8.63. The Bertz CT molecular complexity index is 424. The van der Waals surface area contributed by atoms with Gasteiger partial charge in [-0.2, -0.15) is 0 Å². The van der Waals surface area contributed by atoms with Gasteiger partial charge in [-0.25, -0.2) is 14.4 Å². The largest absolute Gasteiger partial charge is 0.409 e. The van der Waals surface area contributed by atoms with Crippen molar-refractivity contribution in [2.24, 2.45) is 10.9 Å². The number of aromatic nitrogens is 2. The van der Waals surface area contributed by atoms with Gasteiger partial charge >= 0.3 is 0 Å². The maximum atomic E-state index is 14.0. The van der Waals surface area contributed by atoms with Crippen molar-refractivity contribution in [3.05, 3.63) is 17.8 Å². The van der Waals surface area contributed by atoms with Crippen LogP contribution in [0.1, 0.15) is 26.0 Å². The molecule has 18 heavy (non-hydrogen) atoms. The number of hydrogen-bond donors (Lipinski definition) is 2. The van der Waals surface area contributed by atoms with Gasteiger partial charge in [0.25, 0.3) is 0 Å². The Kier molecular flexibility index (Phi) is 5.29. The summed E-state index contributed by atoms with van der Waals surface area (Å²) in [6.45, 7) is 4.74. The topological polar surface area (TPSA) is 87.6 Å². The Morgan fingerprint density at radius 1 is 1.50 bits per heavy atom. The lowest BCUT2D eigenvalue weighted by Crippen LogP contribution is -2.30. The fourth-order valence-corrected chi connectivity index (χ4v) is 1.58. The minimum atomic E-state index is -0.402. The first-order valence-electron chi connectivity index (χ1n) is 5.84. The molecule has 0 bridgehead atoms. The molecule has 0 spiro atoms. The average Bonchev–Trinajstić information content (AvgIpc) is 2.40. The molecule has 3 N–H and O–H groups in total. The number of halogens is 1. The highest BCUT2D eigenvalue weighted by Crippen LogP contribution is 2.18. The van der Waals surface area contributed by atoms with Crippen LogP contribution in [0, 0.1) is 5.82 Å². The Hall–Kier alpha value is -1.92. The van der Waals surface area contributed by atoms with Gasteiger partial charge in [0.2, 0.25) is 0 Å². The molecule has 0 radical (unpaired) electrons. The normalized spacial score (nSPS) is 11.6. The lowest BCUT2D eigenvalue weighted by Gasteiger charge is -2.22. The summed E-state index contributed by atoms with van der Waals surface area (Å²) in [6.07, 6.45) is 2.21. The molecule has 1 rings (SSSR count). The van der Waals surface area contributed by atoms with Gasteiger partial charge in [-0.15, -0.1) is 0 Å². The van der Waals surface area contributed by atoms with E-state index < -0.39 is 5.82 Å². The summed E-state index contributed by atoms with van der Waals surface area (Å²) >= 11 is 0. The van der Waals surface area contributed by atoms with E-state index in [0.29, 0.717) is 31.6 Å². The van der Waals surface area contributed by atoms with Gasteiger partial charge in [0.05, 0.1) is 5.69 Å². The summed E-state index contributed by atoms with van der Waals surface area (Å²) in [5.74, 6) is -0.0323. The van der Waals surface area contributed by atoms with Gasteiger partial charge < -0.3 is 15.8 Å². The van der Waals surface area contributed by atoms with Crippen molar-refractivity contribution in [3.63, 3.8) is 0 Å². The smallest absolute Gasteiger partial charge is 0.187 e. The first kappa shape index (κ1) is 14.1. The molecule has 7 heteroatoms. The third kappa shape index (κ3) is 3.28. The number of nitrogens with two attached hydrogens (primary N) is 1. The van der Waals surface area contributed by atoms with Gasteiger partial charge in [-0.3, -0.25) is 0 Å². The Balaban J connectivity index is 2.88. The summed E-state index contributed by atoms with van der Waals surface area (Å²) in [5, 5.41) is 11.4. The van der Waals surface area contributed by atoms with Crippen molar-refractivity contribution in [1.82, 2.24) is 9.97 Å². The zero-order chi connectivity index (χ0) is 13.5. The van der Waals surface area contributed by atoms with Crippen LogP contribution in [-0.4, -0.2) is 34.1 Å². The van der Waals surface area contributed by atoms with E-state index in [1.54, 1.807) is 4.90 Å². The van der Waals surface area contributed by atoms with Crippen LogP contribution in [0.4, 0.5) is 10.2 Å². The van der Waals surface area contributed by atoms with E-state index in [2.05, 4.69) is 15.1 Å². The molecule has 0 aliphatic carbocycles. The van der Waals surface area contributed by atoms with Crippen LogP contribution in [-0.2, 0) is 6.42 Å². The minimum absolute atomic E-state index is 0.110. The van der Waals surface area contributed by atoms with Crippen LogP contribution >= 0.6 is 0 Å². The second-order valence-corrected chi connectivity index (χ2v) is 3.73. The summed E-state index contributed by atoms with van der Waals surface area (Å²) in [6, 6.07) is 0. The van der Waals surface area contributed by atoms with Crippen LogP contribution in [0.25, 0.3) is 0 Å². The fraction of sp³-hybridized carbons (Fsp3) is 0.545. The van der Waals surface area contributed by atoms with Crippen molar-refractivity contribution in [2.75, 3.05) is 18.0 Å². The summed E-state index contributed by atoms with van der Waals surface area (Å²) < 4.78 is 14.0. The van der Waals surface area contributed by atoms with Crippen LogP contribution in [0.2, 0.25) is 0 Å². The molecule has 6 nitrogen and oxygen atoms in total. The monoisotopic (exact) mass is 255 g/mol. The molecule has 1 aromatic heterocycles. The maximum Gasteiger partial charge on any atom is 0.187 e. The van der Waals surface area contributed by atoms with Crippen molar-refractivity contribution in [1.29, 1.82) is 0 Å². The lowest BCUT2D eigenvalue weighted by atomic mass is 10.2. The predicted octanol–water partition coefficient (Wildman–Crippen LogP) is 1.14. The van der Waals surface area contributed by atoms with Gasteiger partial charge in [-0.1, -0.05) is 12.1 Å². The molecule has 0 saturated carbocycles. The van der Waals surface area contributed by atoms with Crippen molar-refractivity contribution in [2.45, 2.75) is 26.7 Å². The number of amidine groups is 1. The van der Waals surface area contributed by atoms with E-state index in [1.807, 2.05) is 13.8 Å². The maximum absolute atomic E-state index is 14.0. The van der Waals surface area contributed by atoms with E-state index in [0.717, 1.165) is 0 Å². The quantitative estimate of drug-likeness (QED) is 0.344. The number of hydrogen-bond acceptors (Lipinski definition) is 5. The molecule has 0 saturated heterocycles. The predicted molar refractivity (Wildman–Crippen MR) is 67.3 cm³/mol. The van der Waals surface area contributed by atoms with Crippen molar-refractivity contribution in [3.8, 4) is 0 Å². The molecule has 0 fully saturated rings. The average molecular weight is 255 g/mol. The summed E-state index contributed by atoms with van der Waals surface area (Å²) in [7, 11) is 0. The molecule has 0 atom stereocenters. The molecular formula is C11H18FN5O. The zero-order valence-electron chi connectivity index (χ0n) is 10.6. The van der Waals surface area contributed by atoms with Gasteiger partial charge in [0.1, 0.15) is 12.2 Å². The van der Waals surface area contributed by atoms with Gasteiger partial charge in [0.15, 0.2) is 11.6 Å². The highest BCUT2D eigenvalue weighted by atomic mass is 19.1. The highest BCUT2D eigenvalue weighted by Gasteiger charge is 2.15. The highest BCUT2D eigenvalue weighted by molar-refractivity contribution is 5.80. The number of oxime groups is 1. The lowest BCUT2D eigenvalue weighted by molar-refractivity contribution is 0.317. The van der Waals surface area contributed by atoms with E-state index in [1.165, 1.54) is 6.33 Å². The second kappa shape index (κ2) is 6.73. The van der Waals surface area contributed by atoms with E-state index in [9.17, 15) is 4.39 Å². The SMILES string of the molecule is CCc1ncnc(N(CC)CCC(N)=NO)c1F. The van der Waals surface area contributed by atoms with Crippen LogP contribution in [0.3, 0.4) is 0 Å². The Labute approximate surface area is 105 Å². The van der Waals surface area contributed by atoms with Crippen LogP contribution in [0.15, 0.2) is 11.5 Å². The molecule has 1 aromatic rings. The van der Waals surface area contributed by atoms with Gasteiger partial charge in [-0.05, 0) is 13.3 Å². The molecule has 0 aliphatic heterocycles. The molecule has 0 aromatic carbocycles. The number of aryl methyl sites for hydroxylation is 1. The number of nitrogens with zero attached hydrogens (tertiary/aromatic N) is 4. The first-order valence-corrected chi connectivity index (χ1v) is 5.84. The molecular weight excluding hydrogens is 237 g/mol. The van der Waals surface area contributed by atoms with Crippen molar-refractivity contribution >= 4 is 11.7 Å². The zero-order valence-corrected chi connectivity index (χ0v) is 10.6. The number of anilines is 1. The summed E-state index contributed by atoms with van der Waals surface area (Å²) in [4.78, 5) is 9.57. The van der Waals surface area contributed by atoms with E-state index >= 15 is 0 Å². The molecule has 0 unspecified atom stereocenters. The van der Waals surface area contributed by atoms with Crippen LogP contribution < -0.4 is 10.6 Å². The standard InChI is InChI=1S/C11H18FN5O/c1-3-8-10(12)11(15-7-14-8)17(4-2)6-5-9(13)16-18/h7,18H,3-6H2,1-2H3,(H2,13,16). The fourth-order valence-electron chi connectivity index (χ4n) is 1.58. The minimum Gasteiger partial charge on any atom is -0.409 e. The van der Waals surface area contributed by atoms with E-state index in [-0.39, 0.29) is 11.7 Å². The molecule has 0 aliphatic rings. The van der Waals surface area contributed by atoms with Crippen molar-refractivity contribution < 1.29 is 9.60 Å². The van der Waals surface area contributed by atoms with Gasteiger partial charge in [0, 0.05) is 19.5 Å². The Morgan fingerprint density at radius 2 is 2.22 bits per heavy atom. The number of rotatable bonds is 6. The molecule has 0 amide bonds. The van der Waals surface area contributed by atoms with Crippen LogP contribution in [0.5, 0.6) is 0 Å². The molecule has 100 valence electrons. The molecule has 1 heterocycles. The van der Waals surface area contributed by atoms with E-state index in [4.69, 9.17) is 10.9 Å². The Morgan fingerprint density at radius 3 is 2.78 bits per heavy atom. The second-order valence-electron chi connectivity index (χ2n) is 3.73. The third-order valence-corrected chi connectivity index (χ3v) is 2.63.